The van der Waals surface area contributed by atoms with E-state index in [2.05, 4.69) is 5.32 Å². The van der Waals surface area contributed by atoms with Crippen LogP contribution in [0.1, 0.15) is 10.4 Å². The third-order valence-electron chi connectivity index (χ3n) is 2.10. The number of alkyl halides is 2. The Morgan fingerprint density at radius 1 is 1.25 bits per heavy atom. The third-order valence-corrected chi connectivity index (χ3v) is 3.77. The summed E-state index contributed by atoms with van der Waals surface area (Å²) in [6.07, 6.45) is 0. The summed E-state index contributed by atoms with van der Waals surface area (Å²) in [4.78, 5) is 22.3. The Hall–Kier alpha value is -1.28. The highest BCUT2D eigenvalue weighted by atomic mass is 32.2. The van der Waals surface area contributed by atoms with Crippen LogP contribution >= 0.6 is 23.5 Å². The number of hydrogen-bond acceptors (Lipinski definition) is 4. The Morgan fingerprint density at radius 3 is 2.45 bits per heavy atom. The van der Waals surface area contributed by atoms with Crippen molar-refractivity contribution in [3.05, 3.63) is 29.8 Å². The first kappa shape index (κ1) is 16.8. The van der Waals surface area contributed by atoms with Gasteiger partial charge in [-0.1, -0.05) is 11.8 Å². The first-order valence-corrected chi connectivity index (χ1v) is 7.65. The summed E-state index contributed by atoms with van der Waals surface area (Å²) < 4.78 is 24.2. The van der Waals surface area contributed by atoms with Gasteiger partial charge in [0.15, 0.2) is 0 Å². The lowest BCUT2D eigenvalue weighted by Gasteiger charge is -2.05. The molecule has 4 nitrogen and oxygen atoms in total. The fraction of sp³-hybridized carbons (Fsp3) is 0.333. The zero-order chi connectivity index (χ0) is 15.0. The molecule has 0 atom stereocenters. The summed E-state index contributed by atoms with van der Waals surface area (Å²) in [6, 6.07) is 5.88. The molecule has 0 aliphatic heterocycles. The molecule has 0 saturated carbocycles. The second kappa shape index (κ2) is 8.80. The molecular weight excluding hydrogens is 308 g/mol. The van der Waals surface area contributed by atoms with Crippen molar-refractivity contribution in [2.45, 2.75) is 10.7 Å². The summed E-state index contributed by atoms with van der Waals surface area (Å²) in [6.45, 7) is 0.352. The first-order chi connectivity index (χ1) is 9.49. The SMILES string of the molecule is O=C(O)CSCCNC(=O)c1ccc(SC(F)F)cc1. The Morgan fingerprint density at radius 2 is 1.90 bits per heavy atom. The van der Waals surface area contributed by atoms with Gasteiger partial charge in [-0.25, -0.2) is 0 Å². The van der Waals surface area contributed by atoms with Gasteiger partial charge in [0.2, 0.25) is 0 Å². The highest BCUT2D eigenvalue weighted by Crippen LogP contribution is 2.25. The van der Waals surface area contributed by atoms with Gasteiger partial charge in [-0.3, -0.25) is 9.59 Å². The maximum Gasteiger partial charge on any atom is 0.313 e. The van der Waals surface area contributed by atoms with Crippen LogP contribution < -0.4 is 5.32 Å². The Labute approximate surface area is 123 Å². The zero-order valence-electron chi connectivity index (χ0n) is 10.3. The summed E-state index contributed by atoms with van der Waals surface area (Å²) in [5, 5.41) is 11.1. The molecule has 0 aliphatic rings. The van der Waals surface area contributed by atoms with Crippen molar-refractivity contribution in [1.29, 1.82) is 0 Å². The molecule has 0 saturated heterocycles. The number of thioether (sulfide) groups is 2. The van der Waals surface area contributed by atoms with Crippen LogP contribution in [0.4, 0.5) is 8.78 Å². The van der Waals surface area contributed by atoms with Crippen LogP contribution in [0.15, 0.2) is 29.2 Å². The second-order valence-electron chi connectivity index (χ2n) is 3.61. The van der Waals surface area contributed by atoms with E-state index < -0.39 is 11.7 Å². The number of halogens is 2. The highest BCUT2D eigenvalue weighted by molar-refractivity contribution is 8.00. The molecule has 0 bridgehead atoms. The van der Waals surface area contributed by atoms with Gasteiger partial charge in [0, 0.05) is 22.8 Å². The quantitative estimate of drug-likeness (QED) is 0.569. The van der Waals surface area contributed by atoms with E-state index >= 15 is 0 Å². The van der Waals surface area contributed by atoms with Gasteiger partial charge in [-0.05, 0) is 24.3 Å². The van der Waals surface area contributed by atoms with Gasteiger partial charge in [-0.15, -0.1) is 11.8 Å². The second-order valence-corrected chi connectivity index (χ2v) is 5.77. The van der Waals surface area contributed by atoms with Gasteiger partial charge >= 0.3 is 5.97 Å². The number of carboxylic acid groups (broad SMARTS) is 1. The fourth-order valence-electron chi connectivity index (χ4n) is 1.29. The molecule has 0 aromatic heterocycles. The molecule has 1 amide bonds. The van der Waals surface area contributed by atoms with E-state index in [-0.39, 0.29) is 11.7 Å². The number of aliphatic carboxylic acids is 1. The van der Waals surface area contributed by atoms with Crippen molar-refractivity contribution < 1.29 is 23.5 Å². The molecule has 0 fully saturated rings. The van der Waals surface area contributed by atoms with E-state index in [0.29, 0.717) is 34.5 Å². The largest absolute Gasteiger partial charge is 0.481 e. The normalized spacial score (nSPS) is 10.6. The summed E-state index contributed by atoms with van der Waals surface area (Å²) in [5.41, 5.74) is 0.381. The van der Waals surface area contributed by atoms with E-state index in [4.69, 9.17) is 5.11 Å². The molecule has 2 N–H and O–H groups in total. The summed E-state index contributed by atoms with van der Waals surface area (Å²) in [7, 11) is 0. The number of carboxylic acids is 1. The van der Waals surface area contributed by atoms with Crippen LogP contribution in [0.25, 0.3) is 0 Å². The first-order valence-electron chi connectivity index (χ1n) is 5.61. The van der Waals surface area contributed by atoms with Crippen LogP contribution in [-0.4, -0.2) is 40.8 Å². The smallest absolute Gasteiger partial charge is 0.313 e. The van der Waals surface area contributed by atoms with Crippen molar-refractivity contribution in [2.24, 2.45) is 0 Å². The van der Waals surface area contributed by atoms with Gasteiger partial charge < -0.3 is 10.4 Å². The third kappa shape index (κ3) is 6.76. The molecule has 1 aromatic rings. The minimum absolute atomic E-state index is 0.00454. The monoisotopic (exact) mass is 321 g/mol. The van der Waals surface area contributed by atoms with E-state index in [1.54, 1.807) is 0 Å². The number of hydrogen-bond donors (Lipinski definition) is 2. The van der Waals surface area contributed by atoms with Crippen molar-refractivity contribution in [1.82, 2.24) is 5.32 Å². The van der Waals surface area contributed by atoms with Crippen molar-refractivity contribution in [2.75, 3.05) is 18.1 Å². The molecule has 0 radical (unpaired) electrons. The van der Waals surface area contributed by atoms with Crippen LogP contribution in [0, 0.1) is 0 Å². The predicted molar refractivity (Wildman–Crippen MR) is 75.6 cm³/mol. The molecule has 8 heteroatoms. The highest BCUT2D eigenvalue weighted by Gasteiger charge is 2.08. The molecule has 1 aromatic carbocycles. The lowest BCUT2D eigenvalue weighted by atomic mass is 10.2. The van der Waals surface area contributed by atoms with Gasteiger partial charge in [0.25, 0.3) is 11.7 Å². The molecule has 1 rings (SSSR count). The molecule has 0 aliphatic carbocycles. The molecule has 20 heavy (non-hydrogen) atoms. The maximum atomic E-state index is 12.1. The Kier molecular flexibility index (Phi) is 7.38. The molecule has 0 spiro atoms. The number of rotatable bonds is 8. The fourth-order valence-corrected chi connectivity index (χ4v) is 2.35. The van der Waals surface area contributed by atoms with Crippen LogP contribution in [0.3, 0.4) is 0 Å². The molecular formula is C12H13F2NO3S2. The van der Waals surface area contributed by atoms with Crippen LogP contribution in [-0.2, 0) is 4.79 Å². The van der Waals surface area contributed by atoms with Crippen LogP contribution in [0.2, 0.25) is 0 Å². The van der Waals surface area contributed by atoms with Crippen molar-refractivity contribution in [3.63, 3.8) is 0 Å². The van der Waals surface area contributed by atoms with E-state index in [1.165, 1.54) is 36.0 Å². The van der Waals surface area contributed by atoms with Gasteiger partial charge in [-0.2, -0.15) is 8.78 Å². The number of nitrogens with one attached hydrogen (secondary N) is 1. The van der Waals surface area contributed by atoms with Gasteiger partial charge in [0.05, 0.1) is 5.75 Å². The van der Waals surface area contributed by atoms with E-state index in [1.807, 2.05) is 0 Å². The minimum atomic E-state index is -2.49. The topological polar surface area (TPSA) is 66.4 Å². The average Bonchev–Trinajstić information content (AvgIpc) is 2.38. The standard InChI is InChI=1S/C12H13F2NO3S2/c13-12(14)20-9-3-1-8(2-4-9)11(18)15-5-6-19-7-10(16)17/h1-4,12H,5-7H2,(H,15,18)(H,16,17). The number of amides is 1. The lowest BCUT2D eigenvalue weighted by molar-refractivity contribution is -0.133. The Balaban J connectivity index is 2.34. The average molecular weight is 321 g/mol. The molecule has 110 valence electrons. The number of carbonyl (C=O) groups is 2. The zero-order valence-corrected chi connectivity index (χ0v) is 12.0. The van der Waals surface area contributed by atoms with Crippen molar-refractivity contribution in [3.8, 4) is 0 Å². The maximum absolute atomic E-state index is 12.1. The van der Waals surface area contributed by atoms with Crippen molar-refractivity contribution >= 4 is 35.4 Å². The molecule has 0 heterocycles. The number of benzene rings is 1. The van der Waals surface area contributed by atoms with E-state index in [0.717, 1.165) is 0 Å². The summed E-state index contributed by atoms with van der Waals surface area (Å²) >= 11 is 1.63. The minimum Gasteiger partial charge on any atom is -0.481 e. The van der Waals surface area contributed by atoms with Gasteiger partial charge in [0.1, 0.15) is 0 Å². The summed E-state index contributed by atoms with van der Waals surface area (Å²) in [5.74, 6) is -3.20. The van der Waals surface area contributed by atoms with E-state index in [9.17, 15) is 18.4 Å². The predicted octanol–water partition coefficient (Wildman–Crippen LogP) is 2.55. The lowest BCUT2D eigenvalue weighted by Crippen LogP contribution is -2.25. The molecule has 0 unspecified atom stereocenters. The number of carbonyl (C=O) groups excluding carboxylic acids is 1. The van der Waals surface area contributed by atoms with Crippen LogP contribution in [0.5, 0.6) is 0 Å². The Bertz CT molecular complexity index is 455.